The molecule has 0 unspecified atom stereocenters. The molecular formula is C24H26ClFN6O2. The number of rotatable bonds is 3. The first-order chi connectivity index (χ1) is 16.2. The zero-order chi connectivity index (χ0) is 24.1. The van der Waals surface area contributed by atoms with Crippen molar-refractivity contribution in [1.82, 2.24) is 19.9 Å². The second-order valence-corrected chi connectivity index (χ2v) is 10.2. The molecule has 0 aliphatic carbocycles. The van der Waals surface area contributed by atoms with E-state index in [0.717, 1.165) is 18.7 Å². The summed E-state index contributed by atoms with van der Waals surface area (Å²) in [5.41, 5.74) is 0.597. The van der Waals surface area contributed by atoms with Gasteiger partial charge in [-0.2, -0.15) is 0 Å². The number of ether oxygens (including phenoxy) is 1. The Morgan fingerprint density at radius 2 is 2.00 bits per heavy atom. The van der Waals surface area contributed by atoms with Crippen LogP contribution in [0.2, 0.25) is 5.02 Å². The van der Waals surface area contributed by atoms with Gasteiger partial charge >= 0.3 is 6.09 Å². The summed E-state index contributed by atoms with van der Waals surface area (Å²) in [5.74, 6) is 0.582. The number of amides is 1. The number of anilines is 3. The van der Waals surface area contributed by atoms with Crippen molar-refractivity contribution in [2.24, 2.45) is 0 Å². The summed E-state index contributed by atoms with van der Waals surface area (Å²) in [7, 11) is 0. The highest BCUT2D eigenvalue weighted by Gasteiger charge is 2.53. The number of nitrogens with zero attached hydrogens (tertiary/aromatic N) is 5. The molecule has 178 valence electrons. The van der Waals surface area contributed by atoms with Gasteiger partial charge < -0.3 is 15.0 Å². The molecule has 0 saturated carbocycles. The van der Waals surface area contributed by atoms with Gasteiger partial charge in [0.2, 0.25) is 0 Å². The number of benzene rings is 1. The van der Waals surface area contributed by atoms with Crippen molar-refractivity contribution in [2.75, 3.05) is 29.9 Å². The maximum atomic E-state index is 14.4. The Bertz CT molecular complexity index is 1260. The van der Waals surface area contributed by atoms with Crippen LogP contribution in [0.5, 0.6) is 0 Å². The molecule has 3 aromatic rings. The normalized spacial score (nSPS) is 17.2. The Labute approximate surface area is 202 Å². The predicted octanol–water partition coefficient (Wildman–Crippen LogP) is 5.15. The molecule has 0 radical (unpaired) electrons. The van der Waals surface area contributed by atoms with Crippen LogP contribution in [0.15, 0.2) is 36.7 Å². The molecular weight excluding hydrogens is 459 g/mol. The molecule has 4 heterocycles. The van der Waals surface area contributed by atoms with Gasteiger partial charge in [-0.05, 0) is 57.9 Å². The fraction of sp³-hybridized carbons (Fsp3) is 0.417. The molecule has 1 amide bonds. The number of carbonyl (C=O) groups is 1. The maximum Gasteiger partial charge on any atom is 0.410 e. The monoisotopic (exact) mass is 484 g/mol. The zero-order valence-electron chi connectivity index (χ0n) is 19.3. The van der Waals surface area contributed by atoms with Gasteiger partial charge in [0.25, 0.3) is 0 Å². The number of hydrogen-bond acceptors (Lipinski definition) is 7. The van der Waals surface area contributed by atoms with Gasteiger partial charge in [-0.3, -0.25) is 4.90 Å². The molecule has 8 nitrogen and oxygen atoms in total. The standard InChI is InChI=1S/C24H26ClFN6O2/c1-23(2,3)34-22(33)32-11-5-10-24(32)12-31(13-24)18-9-8-17-20(30-18)21(28-14-27-17)29-16-7-4-6-15(25)19(16)26/h4,6-9,14H,5,10-13H2,1-3H3,(H,27,28,29). The average molecular weight is 485 g/mol. The third-order valence-electron chi connectivity index (χ3n) is 6.18. The lowest BCUT2D eigenvalue weighted by Crippen LogP contribution is -2.69. The summed E-state index contributed by atoms with van der Waals surface area (Å²) in [6.45, 7) is 7.67. The van der Waals surface area contributed by atoms with Crippen LogP contribution in [0.4, 0.5) is 26.5 Å². The average Bonchev–Trinajstić information content (AvgIpc) is 3.20. The Balaban J connectivity index is 1.38. The third-order valence-corrected chi connectivity index (χ3v) is 6.47. The fourth-order valence-electron chi connectivity index (χ4n) is 4.62. The van der Waals surface area contributed by atoms with Gasteiger partial charge in [0.05, 0.1) is 21.8 Å². The van der Waals surface area contributed by atoms with Crippen molar-refractivity contribution in [3.8, 4) is 0 Å². The van der Waals surface area contributed by atoms with Gasteiger partial charge in [0.1, 0.15) is 23.3 Å². The van der Waals surface area contributed by atoms with Gasteiger partial charge in [-0.15, -0.1) is 0 Å². The molecule has 2 aliphatic rings. The first-order valence-corrected chi connectivity index (χ1v) is 11.6. The van der Waals surface area contributed by atoms with E-state index in [1.54, 1.807) is 12.1 Å². The molecule has 34 heavy (non-hydrogen) atoms. The zero-order valence-corrected chi connectivity index (χ0v) is 20.1. The summed E-state index contributed by atoms with van der Waals surface area (Å²) in [5, 5.41) is 3.01. The van der Waals surface area contributed by atoms with Crippen molar-refractivity contribution in [3.05, 3.63) is 47.5 Å². The van der Waals surface area contributed by atoms with E-state index in [9.17, 15) is 9.18 Å². The van der Waals surface area contributed by atoms with E-state index in [1.807, 2.05) is 37.8 Å². The summed E-state index contributed by atoms with van der Waals surface area (Å²) < 4.78 is 20.1. The third kappa shape index (κ3) is 4.09. The van der Waals surface area contributed by atoms with Crippen molar-refractivity contribution in [3.63, 3.8) is 0 Å². The Morgan fingerprint density at radius 1 is 1.21 bits per heavy atom. The molecule has 1 spiro atoms. The summed E-state index contributed by atoms with van der Waals surface area (Å²) in [6.07, 6.45) is 3.02. The van der Waals surface area contributed by atoms with Gasteiger partial charge in [0.15, 0.2) is 11.6 Å². The van der Waals surface area contributed by atoms with Gasteiger partial charge in [-0.1, -0.05) is 17.7 Å². The molecule has 2 aromatic heterocycles. The van der Waals surface area contributed by atoms with Crippen molar-refractivity contribution < 1.29 is 13.9 Å². The minimum absolute atomic E-state index is 0.0222. The van der Waals surface area contributed by atoms with E-state index >= 15 is 0 Å². The predicted molar refractivity (Wildman–Crippen MR) is 129 cm³/mol. The van der Waals surface area contributed by atoms with Crippen LogP contribution in [0.25, 0.3) is 11.0 Å². The lowest BCUT2D eigenvalue weighted by Gasteiger charge is -2.53. The molecule has 2 fully saturated rings. The largest absolute Gasteiger partial charge is 0.444 e. The number of carbonyl (C=O) groups excluding carboxylic acids is 1. The Hall–Kier alpha value is -3.20. The van der Waals surface area contributed by atoms with Crippen LogP contribution in [0.1, 0.15) is 33.6 Å². The molecule has 1 aromatic carbocycles. The lowest BCUT2D eigenvalue weighted by atomic mass is 9.87. The topological polar surface area (TPSA) is 83.5 Å². The first-order valence-electron chi connectivity index (χ1n) is 11.2. The summed E-state index contributed by atoms with van der Waals surface area (Å²) in [4.78, 5) is 30.1. The number of nitrogens with one attached hydrogen (secondary N) is 1. The van der Waals surface area contributed by atoms with Crippen LogP contribution in [-0.2, 0) is 4.74 Å². The number of likely N-dealkylation sites (tertiary alicyclic amines) is 1. The maximum absolute atomic E-state index is 14.4. The summed E-state index contributed by atoms with van der Waals surface area (Å²) in [6, 6.07) is 8.50. The smallest absolute Gasteiger partial charge is 0.410 e. The number of fused-ring (bicyclic) bond motifs is 1. The van der Waals surface area contributed by atoms with Crippen LogP contribution in [0, 0.1) is 5.82 Å². The second-order valence-electron chi connectivity index (χ2n) is 9.80. The highest BCUT2D eigenvalue weighted by Crippen LogP contribution is 2.40. The SMILES string of the molecule is CC(C)(C)OC(=O)N1CCCC12CN(c1ccc3ncnc(Nc4cccc(Cl)c4F)c3n1)C2. The fourth-order valence-corrected chi connectivity index (χ4v) is 4.80. The number of halogens is 2. The molecule has 0 bridgehead atoms. The molecule has 2 aliphatic heterocycles. The van der Waals surface area contributed by atoms with E-state index in [-0.39, 0.29) is 22.3 Å². The molecule has 2 saturated heterocycles. The highest BCUT2D eigenvalue weighted by atomic mass is 35.5. The minimum atomic E-state index is -0.555. The first kappa shape index (κ1) is 22.6. The van der Waals surface area contributed by atoms with Gasteiger partial charge in [-0.25, -0.2) is 24.1 Å². The van der Waals surface area contributed by atoms with Crippen molar-refractivity contribution in [2.45, 2.75) is 44.8 Å². The molecule has 0 atom stereocenters. The van der Waals surface area contributed by atoms with E-state index in [4.69, 9.17) is 21.3 Å². The van der Waals surface area contributed by atoms with E-state index in [0.29, 0.717) is 36.5 Å². The molecule has 5 rings (SSSR count). The van der Waals surface area contributed by atoms with Crippen LogP contribution >= 0.6 is 11.6 Å². The van der Waals surface area contributed by atoms with Crippen molar-refractivity contribution >= 4 is 46.1 Å². The van der Waals surface area contributed by atoms with Crippen LogP contribution in [0.3, 0.4) is 0 Å². The molecule has 10 heteroatoms. The van der Waals surface area contributed by atoms with Crippen molar-refractivity contribution in [1.29, 1.82) is 0 Å². The molecule has 1 N–H and O–H groups in total. The highest BCUT2D eigenvalue weighted by molar-refractivity contribution is 6.31. The van der Waals surface area contributed by atoms with Gasteiger partial charge in [0, 0.05) is 19.6 Å². The van der Waals surface area contributed by atoms with E-state index in [2.05, 4.69) is 20.2 Å². The lowest BCUT2D eigenvalue weighted by molar-refractivity contribution is 0.00226. The minimum Gasteiger partial charge on any atom is -0.444 e. The number of hydrogen-bond donors (Lipinski definition) is 1. The number of pyridine rings is 1. The Kier molecular flexibility index (Phi) is 5.47. The van der Waals surface area contributed by atoms with E-state index in [1.165, 1.54) is 12.4 Å². The quantitative estimate of drug-likeness (QED) is 0.550. The van der Waals surface area contributed by atoms with Crippen LogP contribution in [-0.4, -0.2) is 56.7 Å². The Morgan fingerprint density at radius 3 is 2.76 bits per heavy atom. The summed E-state index contributed by atoms with van der Waals surface area (Å²) >= 11 is 5.91. The van der Waals surface area contributed by atoms with Crippen LogP contribution < -0.4 is 10.2 Å². The number of aromatic nitrogens is 3. The van der Waals surface area contributed by atoms with E-state index < -0.39 is 11.4 Å². The second kappa shape index (κ2) is 8.23.